The Balaban J connectivity index is 2.55. The van der Waals surface area contributed by atoms with Crippen LogP contribution in [-0.4, -0.2) is 24.6 Å². The third-order valence-electron chi connectivity index (χ3n) is 2.32. The van der Waals surface area contributed by atoms with Crippen molar-refractivity contribution in [3.05, 3.63) is 33.9 Å². The summed E-state index contributed by atoms with van der Waals surface area (Å²) in [5, 5.41) is 14.0. The number of ether oxygens (including phenoxy) is 1. The van der Waals surface area contributed by atoms with Crippen molar-refractivity contribution in [3.63, 3.8) is 0 Å². The molecule has 0 heterocycles. The summed E-state index contributed by atoms with van der Waals surface area (Å²) in [7, 11) is 0. The van der Waals surface area contributed by atoms with Crippen LogP contribution in [0.1, 0.15) is 18.9 Å². The highest BCUT2D eigenvalue weighted by Crippen LogP contribution is 2.27. The Hall–Kier alpha value is -1.62. The van der Waals surface area contributed by atoms with Crippen LogP contribution in [0.15, 0.2) is 18.2 Å². The van der Waals surface area contributed by atoms with Crippen LogP contribution in [-0.2, 0) is 0 Å². The van der Waals surface area contributed by atoms with Gasteiger partial charge >= 0.3 is 5.69 Å². The number of benzene rings is 1. The minimum atomic E-state index is -0.410. The lowest BCUT2D eigenvalue weighted by atomic mass is 10.2. The Morgan fingerprint density at radius 3 is 2.88 bits per heavy atom. The van der Waals surface area contributed by atoms with Crippen LogP contribution in [0.25, 0.3) is 0 Å². The highest BCUT2D eigenvalue weighted by atomic mass is 16.6. The molecule has 0 radical (unpaired) electrons. The molecule has 0 atom stereocenters. The van der Waals surface area contributed by atoms with E-state index in [9.17, 15) is 10.1 Å². The molecule has 94 valence electrons. The lowest BCUT2D eigenvalue weighted by Crippen LogP contribution is -2.16. The molecule has 0 bridgehead atoms. The van der Waals surface area contributed by atoms with E-state index in [0.29, 0.717) is 12.4 Å². The average Bonchev–Trinajstić information content (AvgIpc) is 2.30. The maximum Gasteiger partial charge on any atom is 0.311 e. The van der Waals surface area contributed by atoms with E-state index >= 15 is 0 Å². The molecule has 1 aromatic carbocycles. The van der Waals surface area contributed by atoms with E-state index in [0.717, 1.165) is 25.1 Å². The molecule has 0 aromatic heterocycles. The number of nitro groups is 1. The standard InChI is InChI=1S/C12H18N2O3/c1-3-13-7-4-8-17-12-6-5-10(2)9-11(12)14(15)16/h5-6,9,13H,3-4,7-8H2,1-2H3. The van der Waals surface area contributed by atoms with Crippen molar-refractivity contribution in [1.82, 2.24) is 5.32 Å². The zero-order valence-electron chi connectivity index (χ0n) is 10.2. The molecule has 0 aliphatic heterocycles. The van der Waals surface area contributed by atoms with Gasteiger partial charge in [-0.05, 0) is 38.1 Å². The molecule has 1 N–H and O–H groups in total. The first-order chi connectivity index (χ1) is 8.15. The van der Waals surface area contributed by atoms with Gasteiger partial charge < -0.3 is 10.1 Å². The number of nitrogens with zero attached hydrogens (tertiary/aromatic N) is 1. The minimum absolute atomic E-state index is 0.0356. The molecule has 5 nitrogen and oxygen atoms in total. The van der Waals surface area contributed by atoms with Gasteiger partial charge in [-0.1, -0.05) is 13.0 Å². The molecule has 5 heteroatoms. The van der Waals surface area contributed by atoms with Crippen molar-refractivity contribution in [2.45, 2.75) is 20.3 Å². The van der Waals surface area contributed by atoms with Gasteiger partial charge in [0.1, 0.15) is 0 Å². The van der Waals surface area contributed by atoms with Gasteiger partial charge in [-0.15, -0.1) is 0 Å². The van der Waals surface area contributed by atoms with Gasteiger partial charge in [-0.2, -0.15) is 0 Å². The molecule has 0 aliphatic rings. The monoisotopic (exact) mass is 238 g/mol. The summed E-state index contributed by atoms with van der Waals surface area (Å²) >= 11 is 0. The molecular formula is C12H18N2O3. The summed E-state index contributed by atoms with van der Waals surface area (Å²) < 4.78 is 5.42. The largest absolute Gasteiger partial charge is 0.487 e. The van der Waals surface area contributed by atoms with Gasteiger partial charge in [0, 0.05) is 6.07 Å². The van der Waals surface area contributed by atoms with E-state index in [4.69, 9.17) is 4.74 Å². The number of aryl methyl sites for hydroxylation is 1. The summed E-state index contributed by atoms with van der Waals surface area (Å²) in [5.41, 5.74) is 0.894. The average molecular weight is 238 g/mol. The van der Waals surface area contributed by atoms with Gasteiger partial charge in [-0.3, -0.25) is 10.1 Å². The fraction of sp³-hybridized carbons (Fsp3) is 0.500. The zero-order valence-corrected chi connectivity index (χ0v) is 10.2. The van der Waals surface area contributed by atoms with Crippen molar-refractivity contribution < 1.29 is 9.66 Å². The SMILES string of the molecule is CCNCCCOc1ccc(C)cc1[N+](=O)[O-]. The molecule has 0 spiro atoms. The van der Waals surface area contributed by atoms with Crippen LogP contribution in [0, 0.1) is 17.0 Å². The highest BCUT2D eigenvalue weighted by molar-refractivity contribution is 5.48. The predicted molar refractivity (Wildman–Crippen MR) is 66.5 cm³/mol. The van der Waals surface area contributed by atoms with E-state index in [1.165, 1.54) is 6.07 Å². The maximum absolute atomic E-state index is 10.8. The van der Waals surface area contributed by atoms with Gasteiger partial charge in [0.25, 0.3) is 0 Å². The van der Waals surface area contributed by atoms with Crippen LogP contribution in [0.3, 0.4) is 0 Å². The summed E-state index contributed by atoms with van der Waals surface area (Å²) in [6, 6.07) is 4.99. The van der Waals surface area contributed by atoms with Crippen molar-refractivity contribution in [2.75, 3.05) is 19.7 Å². The first kappa shape index (κ1) is 13.4. The lowest BCUT2D eigenvalue weighted by Gasteiger charge is -2.07. The smallest absolute Gasteiger partial charge is 0.311 e. The second-order valence-electron chi connectivity index (χ2n) is 3.78. The van der Waals surface area contributed by atoms with Crippen LogP contribution in [0.4, 0.5) is 5.69 Å². The van der Waals surface area contributed by atoms with E-state index in [-0.39, 0.29) is 5.69 Å². The Morgan fingerprint density at radius 2 is 2.24 bits per heavy atom. The fourth-order valence-electron chi connectivity index (χ4n) is 1.45. The van der Waals surface area contributed by atoms with E-state index < -0.39 is 4.92 Å². The molecule has 0 saturated heterocycles. The summed E-state index contributed by atoms with van der Waals surface area (Å²) in [5.74, 6) is 0.345. The van der Waals surface area contributed by atoms with Gasteiger partial charge in [-0.25, -0.2) is 0 Å². The van der Waals surface area contributed by atoms with Crippen molar-refractivity contribution >= 4 is 5.69 Å². The van der Waals surface area contributed by atoms with Crippen LogP contribution in [0.2, 0.25) is 0 Å². The Morgan fingerprint density at radius 1 is 1.47 bits per heavy atom. The Kier molecular flexibility index (Phi) is 5.42. The highest BCUT2D eigenvalue weighted by Gasteiger charge is 2.14. The molecule has 0 fully saturated rings. The molecule has 1 aromatic rings. The second-order valence-corrected chi connectivity index (χ2v) is 3.78. The Labute approximate surface area is 101 Å². The number of nitro benzene ring substituents is 1. The van der Waals surface area contributed by atoms with Gasteiger partial charge in [0.15, 0.2) is 5.75 Å². The second kappa shape index (κ2) is 6.85. The molecule has 0 amide bonds. The van der Waals surface area contributed by atoms with Crippen LogP contribution >= 0.6 is 0 Å². The molecule has 1 rings (SSSR count). The first-order valence-electron chi connectivity index (χ1n) is 5.73. The number of nitrogens with one attached hydrogen (secondary N) is 1. The lowest BCUT2D eigenvalue weighted by molar-refractivity contribution is -0.385. The quantitative estimate of drug-likeness (QED) is 0.449. The van der Waals surface area contributed by atoms with E-state index in [2.05, 4.69) is 5.32 Å². The maximum atomic E-state index is 10.8. The van der Waals surface area contributed by atoms with Crippen molar-refractivity contribution in [3.8, 4) is 5.75 Å². The summed E-state index contributed by atoms with van der Waals surface area (Å²) in [6.07, 6.45) is 0.832. The van der Waals surface area contributed by atoms with Gasteiger partial charge in [0.2, 0.25) is 0 Å². The normalized spacial score (nSPS) is 10.2. The van der Waals surface area contributed by atoms with Crippen molar-refractivity contribution in [1.29, 1.82) is 0 Å². The fourth-order valence-corrected chi connectivity index (χ4v) is 1.45. The van der Waals surface area contributed by atoms with Crippen LogP contribution < -0.4 is 10.1 Å². The van der Waals surface area contributed by atoms with Crippen LogP contribution in [0.5, 0.6) is 5.75 Å². The molecular weight excluding hydrogens is 220 g/mol. The topological polar surface area (TPSA) is 64.4 Å². The van der Waals surface area contributed by atoms with E-state index in [1.54, 1.807) is 6.07 Å². The molecule has 17 heavy (non-hydrogen) atoms. The third kappa shape index (κ3) is 4.40. The van der Waals surface area contributed by atoms with Crippen molar-refractivity contribution in [2.24, 2.45) is 0 Å². The Bertz CT molecular complexity index is 380. The zero-order chi connectivity index (χ0) is 12.7. The predicted octanol–water partition coefficient (Wildman–Crippen LogP) is 2.28. The summed E-state index contributed by atoms with van der Waals surface area (Å²) in [6.45, 7) is 6.12. The van der Waals surface area contributed by atoms with Gasteiger partial charge in [0.05, 0.1) is 11.5 Å². The third-order valence-corrected chi connectivity index (χ3v) is 2.32. The summed E-state index contributed by atoms with van der Waals surface area (Å²) in [4.78, 5) is 10.4. The minimum Gasteiger partial charge on any atom is -0.487 e. The molecule has 0 unspecified atom stereocenters. The number of hydrogen-bond acceptors (Lipinski definition) is 4. The molecule has 0 saturated carbocycles. The number of hydrogen-bond donors (Lipinski definition) is 1. The van der Waals surface area contributed by atoms with E-state index in [1.807, 2.05) is 19.9 Å². The molecule has 0 aliphatic carbocycles. The first-order valence-corrected chi connectivity index (χ1v) is 5.73. The number of rotatable bonds is 7.